The summed E-state index contributed by atoms with van der Waals surface area (Å²) in [4.78, 5) is 0. The predicted molar refractivity (Wildman–Crippen MR) is 58.9 cm³/mol. The smallest absolute Gasteiger partial charge is 0.0790 e. The van der Waals surface area contributed by atoms with E-state index in [0.717, 1.165) is 5.92 Å². The Morgan fingerprint density at radius 3 is 3.21 bits per heavy atom. The lowest BCUT2D eigenvalue weighted by atomic mass is 9.69. The summed E-state index contributed by atoms with van der Waals surface area (Å²) >= 11 is 0. The zero-order valence-corrected chi connectivity index (χ0v) is 9.25. The normalized spacial score (nSPS) is 37.0. The highest BCUT2D eigenvalue weighted by Crippen LogP contribution is 2.52. The van der Waals surface area contributed by atoms with Gasteiger partial charge >= 0.3 is 0 Å². The molecule has 0 bridgehead atoms. The van der Waals surface area contributed by atoms with E-state index >= 15 is 0 Å². The fraction of sp³-hybridized carbons (Fsp3) is 0.692. The summed E-state index contributed by atoms with van der Waals surface area (Å²) < 4.78 is 5.07. The summed E-state index contributed by atoms with van der Waals surface area (Å²) in [5, 5.41) is 0. The van der Waals surface area contributed by atoms with Crippen molar-refractivity contribution in [1.29, 1.82) is 0 Å². The van der Waals surface area contributed by atoms with Crippen LogP contribution >= 0.6 is 0 Å². The molecule has 1 heteroatoms. The monoisotopic (exact) mass is 192 g/mol. The zero-order valence-electron chi connectivity index (χ0n) is 9.25. The van der Waals surface area contributed by atoms with Crippen LogP contribution in [-0.4, -0.2) is 7.11 Å². The summed E-state index contributed by atoms with van der Waals surface area (Å²) in [5.74, 6) is 0.874. The molecule has 0 radical (unpaired) electrons. The molecule has 14 heavy (non-hydrogen) atoms. The largest absolute Gasteiger partial charge is 0.505 e. The molecule has 2 atom stereocenters. The lowest BCUT2D eigenvalue weighted by molar-refractivity contribution is 0.246. The minimum absolute atomic E-state index is 0.440. The Labute approximate surface area is 86.8 Å². The predicted octanol–water partition coefficient (Wildman–Crippen LogP) is 3.67. The van der Waals surface area contributed by atoms with Gasteiger partial charge in [-0.2, -0.15) is 0 Å². The third-order valence-corrected chi connectivity index (χ3v) is 3.94. The van der Waals surface area contributed by atoms with Crippen molar-refractivity contribution in [3.8, 4) is 0 Å². The van der Waals surface area contributed by atoms with E-state index in [1.807, 2.05) is 6.26 Å². The maximum Gasteiger partial charge on any atom is 0.0790 e. The quantitative estimate of drug-likeness (QED) is 0.479. The lowest BCUT2D eigenvalue weighted by Gasteiger charge is -2.35. The van der Waals surface area contributed by atoms with E-state index in [2.05, 4.69) is 19.1 Å². The van der Waals surface area contributed by atoms with Gasteiger partial charge in [-0.25, -0.2) is 0 Å². The topological polar surface area (TPSA) is 9.23 Å². The molecule has 0 spiro atoms. The van der Waals surface area contributed by atoms with Crippen molar-refractivity contribution in [2.45, 2.75) is 39.0 Å². The molecule has 1 saturated carbocycles. The highest BCUT2D eigenvalue weighted by atomic mass is 16.5. The number of hydrogen-bond acceptors (Lipinski definition) is 1. The standard InChI is InChI=1S/C13H20O/c1-11-5-7-13(8-9-14-2)6-3-4-12(13)10-11/h5,8-9,12H,3-4,6-7,10H2,1-2H3/b9-8+/t12-,13+/m0/s1. The zero-order chi connectivity index (χ0) is 10.0. The van der Waals surface area contributed by atoms with Crippen LogP contribution in [0.2, 0.25) is 0 Å². The van der Waals surface area contributed by atoms with Gasteiger partial charge in [-0.05, 0) is 50.0 Å². The van der Waals surface area contributed by atoms with E-state index in [4.69, 9.17) is 4.74 Å². The molecule has 2 aliphatic carbocycles. The number of ether oxygens (including phenoxy) is 1. The Bertz CT molecular complexity index is 264. The third kappa shape index (κ3) is 1.60. The molecule has 1 fully saturated rings. The molecule has 0 aromatic heterocycles. The molecule has 0 heterocycles. The van der Waals surface area contributed by atoms with Gasteiger partial charge in [0.2, 0.25) is 0 Å². The van der Waals surface area contributed by atoms with Crippen LogP contribution < -0.4 is 0 Å². The van der Waals surface area contributed by atoms with Gasteiger partial charge in [-0.15, -0.1) is 0 Å². The summed E-state index contributed by atoms with van der Waals surface area (Å²) in [7, 11) is 1.74. The molecular weight excluding hydrogens is 172 g/mol. The van der Waals surface area contributed by atoms with Crippen LogP contribution in [0.5, 0.6) is 0 Å². The molecule has 0 saturated heterocycles. The van der Waals surface area contributed by atoms with Gasteiger partial charge < -0.3 is 4.74 Å². The summed E-state index contributed by atoms with van der Waals surface area (Å²) in [6.45, 7) is 2.27. The molecule has 0 unspecified atom stereocenters. The number of hydrogen-bond donors (Lipinski definition) is 0. The van der Waals surface area contributed by atoms with Gasteiger partial charge in [0, 0.05) is 0 Å². The third-order valence-electron chi connectivity index (χ3n) is 3.94. The van der Waals surface area contributed by atoms with Crippen molar-refractivity contribution >= 4 is 0 Å². The lowest BCUT2D eigenvalue weighted by Crippen LogP contribution is -2.25. The summed E-state index contributed by atoms with van der Waals surface area (Å²) in [6.07, 6.45) is 13.3. The molecule has 0 amide bonds. The van der Waals surface area contributed by atoms with Gasteiger partial charge in [0.25, 0.3) is 0 Å². The SMILES string of the molecule is CO/C=C/[C@@]12CC=C(C)C[C@@H]1CCC2. The van der Waals surface area contributed by atoms with Gasteiger partial charge in [0.15, 0.2) is 0 Å². The van der Waals surface area contributed by atoms with Gasteiger partial charge in [-0.1, -0.05) is 18.1 Å². The van der Waals surface area contributed by atoms with Crippen molar-refractivity contribution in [3.05, 3.63) is 24.0 Å². The number of rotatable bonds is 2. The van der Waals surface area contributed by atoms with Crippen LogP contribution in [0.15, 0.2) is 24.0 Å². The van der Waals surface area contributed by atoms with Crippen LogP contribution in [0.3, 0.4) is 0 Å². The Kier molecular flexibility index (Phi) is 2.66. The van der Waals surface area contributed by atoms with Crippen molar-refractivity contribution < 1.29 is 4.74 Å². The van der Waals surface area contributed by atoms with Gasteiger partial charge in [-0.3, -0.25) is 0 Å². The van der Waals surface area contributed by atoms with E-state index in [1.165, 1.54) is 32.1 Å². The first-order chi connectivity index (χ1) is 6.77. The van der Waals surface area contributed by atoms with E-state index in [9.17, 15) is 0 Å². The second-order valence-electron chi connectivity index (χ2n) is 4.82. The Morgan fingerprint density at radius 2 is 2.43 bits per heavy atom. The van der Waals surface area contributed by atoms with Crippen molar-refractivity contribution in [3.63, 3.8) is 0 Å². The van der Waals surface area contributed by atoms with Crippen molar-refractivity contribution in [1.82, 2.24) is 0 Å². The first-order valence-electron chi connectivity index (χ1n) is 5.63. The first-order valence-corrected chi connectivity index (χ1v) is 5.63. The Morgan fingerprint density at radius 1 is 1.57 bits per heavy atom. The fourth-order valence-electron chi connectivity index (χ4n) is 3.07. The summed E-state index contributed by atoms with van der Waals surface area (Å²) in [5.41, 5.74) is 2.02. The van der Waals surface area contributed by atoms with E-state index in [-0.39, 0.29) is 0 Å². The summed E-state index contributed by atoms with van der Waals surface area (Å²) in [6, 6.07) is 0. The maximum atomic E-state index is 5.07. The van der Waals surface area contributed by atoms with Crippen molar-refractivity contribution in [2.24, 2.45) is 11.3 Å². The Hall–Kier alpha value is -0.720. The van der Waals surface area contributed by atoms with Crippen LogP contribution in [0, 0.1) is 11.3 Å². The second kappa shape index (κ2) is 3.80. The van der Waals surface area contributed by atoms with Gasteiger partial charge in [0.05, 0.1) is 13.4 Å². The number of allylic oxidation sites excluding steroid dienone is 3. The average molecular weight is 192 g/mol. The highest BCUT2D eigenvalue weighted by molar-refractivity contribution is 5.17. The van der Waals surface area contributed by atoms with E-state index in [0.29, 0.717) is 5.41 Å². The Balaban J connectivity index is 2.19. The molecule has 0 aliphatic heterocycles. The van der Waals surface area contributed by atoms with E-state index in [1.54, 1.807) is 12.7 Å². The van der Waals surface area contributed by atoms with Crippen LogP contribution in [0.1, 0.15) is 39.0 Å². The van der Waals surface area contributed by atoms with Crippen LogP contribution in [0.4, 0.5) is 0 Å². The minimum Gasteiger partial charge on any atom is -0.505 e. The number of fused-ring (bicyclic) bond motifs is 1. The van der Waals surface area contributed by atoms with Crippen LogP contribution in [-0.2, 0) is 4.74 Å². The van der Waals surface area contributed by atoms with Crippen molar-refractivity contribution in [2.75, 3.05) is 7.11 Å². The van der Waals surface area contributed by atoms with E-state index < -0.39 is 0 Å². The minimum atomic E-state index is 0.440. The van der Waals surface area contributed by atoms with Crippen LogP contribution in [0.25, 0.3) is 0 Å². The first kappa shape index (κ1) is 9.82. The number of methoxy groups -OCH3 is 1. The maximum absolute atomic E-state index is 5.07. The highest BCUT2D eigenvalue weighted by Gasteiger charge is 2.41. The second-order valence-corrected chi connectivity index (χ2v) is 4.82. The fourth-order valence-corrected chi connectivity index (χ4v) is 3.07. The molecule has 0 aromatic carbocycles. The molecule has 2 aliphatic rings. The molecule has 0 aromatic rings. The van der Waals surface area contributed by atoms with Gasteiger partial charge in [0.1, 0.15) is 0 Å². The molecule has 1 nitrogen and oxygen atoms in total. The molecule has 0 N–H and O–H groups in total. The molecule has 2 rings (SSSR count). The molecule has 78 valence electrons. The average Bonchev–Trinajstić information content (AvgIpc) is 2.58. The molecular formula is C13H20O.